The number of nitrogens with one attached hydrogen (secondary N) is 1. The molecule has 2 aromatic rings. The summed E-state index contributed by atoms with van der Waals surface area (Å²) in [7, 11) is 0. The molecule has 0 aromatic heterocycles. The molecule has 3 heteroatoms. The first kappa shape index (κ1) is 14.5. The van der Waals surface area contributed by atoms with E-state index < -0.39 is 0 Å². The smallest absolute Gasteiger partial charge is 0.125 e. The van der Waals surface area contributed by atoms with Gasteiger partial charge in [-0.3, -0.25) is 0 Å². The van der Waals surface area contributed by atoms with Crippen molar-refractivity contribution in [3.63, 3.8) is 0 Å². The van der Waals surface area contributed by atoms with Crippen molar-refractivity contribution < 1.29 is 4.74 Å². The molecule has 0 fully saturated rings. The second kappa shape index (κ2) is 5.38. The minimum atomic E-state index is -0.159. The molecule has 1 atom stereocenters. The van der Waals surface area contributed by atoms with Gasteiger partial charge in [-0.15, -0.1) is 0 Å². The van der Waals surface area contributed by atoms with Crippen molar-refractivity contribution in [2.45, 2.75) is 38.8 Å². The molecular formula is C18H20BrNO. The van der Waals surface area contributed by atoms with Crippen LogP contribution in [0.25, 0.3) is 0 Å². The maximum absolute atomic E-state index is 6.08. The third-order valence-corrected chi connectivity index (χ3v) is 4.74. The summed E-state index contributed by atoms with van der Waals surface area (Å²) in [6.07, 6.45) is 0.940. The zero-order chi connectivity index (χ0) is 15.0. The van der Waals surface area contributed by atoms with Crippen LogP contribution in [0.5, 0.6) is 5.75 Å². The molecule has 0 aliphatic carbocycles. The molecule has 0 radical (unpaired) electrons. The number of hydrogen-bond donors (Lipinski definition) is 1. The fraction of sp³-hybridized carbons (Fsp3) is 0.333. The van der Waals surface area contributed by atoms with Crippen molar-refractivity contribution in [2.24, 2.45) is 0 Å². The van der Waals surface area contributed by atoms with Gasteiger partial charge in [0.1, 0.15) is 11.4 Å². The molecule has 2 aromatic carbocycles. The Morgan fingerprint density at radius 3 is 2.71 bits per heavy atom. The number of ether oxygens (including phenoxy) is 1. The predicted molar refractivity (Wildman–Crippen MR) is 91.0 cm³/mol. The lowest BCUT2D eigenvalue weighted by Gasteiger charge is -2.38. The number of rotatable bonds is 2. The minimum Gasteiger partial charge on any atom is -0.487 e. The maximum atomic E-state index is 6.08. The average molecular weight is 346 g/mol. The summed E-state index contributed by atoms with van der Waals surface area (Å²) in [6.45, 7) is 6.38. The topological polar surface area (TPSA) is 21.3 Å². The SMILES string of the molecule is Cc1ccc(NC2CC(C)(C)Oc3ccccc32)cc1Br. The Morgan fingerprint density at radius 2 is 1.95 bits per heavy atom. The summed E-state index contributed by atoms with van der Waals surface area (Å²) in [4.78, 5) is 0. The highest BCUT2D eigenvalue weighted by Crippen LogP contribution is 2.41. The van der Waals surface area contributed by atoms with E-state index in [1.165, 1.54) is 11.1 Å². The summed E-state index contributed by atoms with van der Waals surface area (Å²) in [5.74, 6) is 0.984. The summed E-state index contributed by atoms with van der Waals surface area (Å²) >= 11 is 3.60. The van der Waals surface area contributed by atoms with Crippen LogP contribution < -0.4 is 10.1 Å². The molecule has 1 aliphatic rings. The van der Waals surface area contributed by atoms with Crippen molar-refractivity contribution >= 4 is 21.6 Å². The van der Waals surface area contributed by atoms with Crippen LogP contribution in [0.15, 0.2) is 46.9 Å². The number of anilines is 1. The molecule has 1 aliphatic heterocycles. The second-order valence-electron chi connectivity index (χ2n) is 6.26. The number of hydrogen-bond acceptors (Lipinski definition) is 2. The minimum absolute atomic E-state index is 0.159. The summed E-state index contributed by atoms with van der Waals surface area (Å²) in [6, 6.07) is 15.0. The van der Waals surface area contributed by atoms with Gasteiger partial charge < -0.3 is 10.1 Å². The van der Waals surface area contributed by atoms with E-state index in [4.69, 9.17) is 4.74 Å². The van der Waals surface area contributed by atoms with Gasteiger partial charge in [-0.2, -0.15) is 0 Å². The summed E-state index contributed by atoms with van der Waals surface area (Å²) in [5, 5.41) is 3.65. The van der Waals surface area contributed by atoms with E-state index in [1.54, 1.807) is 0 Å². The van der Waals surface area contributed by atoms with Crippen LogP contribution in [0.2, 0.25) is 0 Å². The second-order valence-corrected chi connectivity index (χ2v) is 7.12. The number of fused-ring (bicyclic) bond motifs is 1. The molecule has 1 heterocycles. The van der Waals surface area contributed by atoms with Crippen molar-refractivity contribution in [1.29, 1.82) is 0 Å². The van der Waals surface area contributed by atoms with E-state index in [-0.39, 0.29) is 11.6 Å². The van der Waals surface area contributed by atoms with Gasteiger partial charge in [0, 0.05) is 22.1 Å². The number of benzene rings is 2. The van der Waals surface area contributed by atoms with E-state index in [0.29, 0.717) is 0 Å². The standard InChI is InChI=1S/C18H20BrNO/c1-12-8-9-13(10-15(12)19)20-16-11-18(2,3)21-17-7-5-4-6-14(16)17/h4-10,16,20H,11H2,1-3H3. The lowest BCUT2D eigenvalue weighted by atomic mass is 9.89. The van der Waals surface area contributed by atoms with Gasteiger partial charge in [0.05, 0.1) is 6.04 Å². The molecule has 0 saturated carbocycles. The number of para-hydroxylation sites is 1. The van der Waals surface area contributed by atoms with Crippen LogP contribution in [-0.2, 0) is 0 Å². The Kier molecular flexibility index (Phi) is 3.70. The van der Waals surface area contributed by atoms with Crippen LogP contribution in [0.3, 0.4) is 0 Å². The molecule has 1 unspecified atom stereocenters. The Bertz CT molecular complexity index is 666. The monoisotopic (exact) mass is 345 g/mol. The fourth-order valence-corrected chi connectivity index (χ4v) is 3.19. The van der Waals surface area contributed by atoms with Crippen LogP contribution in [-0.4, -0.2) is 5.60 Å². The Balaban J connectivity index is 1.92. The molecule has 0 amide bonds. The molecule has 2 nitrogen and oxygen atoms in total. The van der Waals surface area contributed by atoms with Crippen molar-refractivity contribution in [3.05, 3.63) is 58.1 Å². The zero-order valence-corrected chi connectivity index (χ0v) is 14.2. The van der Waals surface area contributed by atoms with E-state index in [9.17, 15) is 0 Å². The van der Waals surface area contributed by atoms with Crippen molar-refractivity contribution in [1.82, 2.24) is 0 Å². The largest absolute Gasteiger partial charge is 0.487 e. The van der Waals surface area contributed by atoms with Crippen LogP contribution in [0.1, 0.15) is 37.4 Å². The Hall–Kier alpha value is -1.48. The third kappa shape index (κ3) is 3.08. The first-order chi connectivity index (χ1) is 9.94. The molecule has 3 rings (SSSR count). The van der Waals surface area contributed by atoms with E-state index in [1.807, 2.05) is 6.07 Å². The van der Waals surface area contributed by atoms with Gasteiger partial charge in [-0.25, -0.2) is 0 Å². The normalized spacial score (nSPS) is 19.5. The highest BCUT2D eigenvalue weighted by Gasteiger charge is 2.33. The predicted octanol–water partition coefficient (Wildman–Crippen LogP) is 5.47. The Morgan fingerprint density at radius 1 is 1.19 bits per heavy atom. The van der Waals surface area contributed by atoms with Crippen molar-refractivity contribution in [2.75, 3.05) is 5.32 Å². The molecule has 21 heavy (non-hydrogen) atoms. The first-order valence-electron chi connectivity index (χ1n) is 7.25. The third-order valence-electron chi connectivity index (χ3n) is 3.89. The lowest BCUT2D eigenvalue weighted by Crippen LogP contribution is -2.37. The summed E-state index contributed by atoms with van der Waals surface area (Å²) < 4.78 is 7.21. The number of halogens is 1. The zero-order valence-electron chi connectivity index (χ0n) is 12.6. The van der Waals surface area contributed by atoms with Gasteiger partial charge >= 0.3 is 0 Å². The van der Waals surface area contributed by atoms with Crippen LogP contribution >= 0.6 is 15.9 Å². The highest BCUT2D eigenvalue weighted by atomic mass is 79.9. The van der Waals surface area contributed by atoms with Gasteiger partial charge in [-0.05, 0) is 44.5 Å². The molecule has 110 valence electrons. The van der Waals surface area contributed by atoms with E-state index >= 15 is 0 Å². The van der Waals surface area contributed by atoms with Crippen molar-refractivity contribution in [3.8, 4) is 5.75 Å². The lowest BCUT2D eigenvalue weighted by molar-refractivity contribution is 0.0759. The maximum Gasteiger partial charge on any atom is 0.125 e. The van der Waals surface area contributed by atoms with E-state index in [0.717, 1.165) is 22.3 Å². The molecule has 0 bridgehead atoms. The molecule has 0 saturated heterocycles. The summed E-state index contributed by atoms with van der Waals surface area (Å²) in [5.41, 5.74) is 3.44. The number of aryl methyl sites for hydroxylation is 1. The highest BCUT2D eigenvalue weighted by molar-refractivity contribution is 9.10. The molecule has 1 N–H and O–H groups in total. The van der Waals surface area contributed by atoms with E-state index in [2.05, 4.69) is 78.4 Å². The Labute approximate surface area is 134 Å². The average Bonchev–Trinajstić information content (AvgIpc) is 2.42. The van der Waals surface area contributed by atoms with Crippen LogP contribution in [0, 0.1) is 6.92 Å². The van der Waals surface area contributed by atoms with Crippen LogP contribution in [0.4, 0.5) is 5.69 Å². The van der Waals surface area contributed by atoms with Gasteiger partial charge in [-0.1, -0.05) is 40.2 Å². The first-order valence-corrected chi connectivity index (χ1v) is 8.04. The van der Waals surface area contributed by atoms with Gasteiger partial charge in [0.2, 0.25) is 0 Å². The fourth-order valence-electron chi connectivity index (χ4n) is 2.81. The molecule has 0 spiro atoms. The van der Waals surface area contributed by atoms with Gasteiger partial charge in [0.15, 0.2) is 0 Å². The molecular weight excluding hydrogens is 326 g/mol. The van der Waals surface area contributed by atoms with Gasteiger partial charge in [0.25, 0.3) is 0 Å². The quantitative estimate of drug-likeness (QED) is 0.778.